The Balaban J connectivity index is 2.20. The average molecular weight is 228 g/mol. The van der Waals surface area contributed by atoms with E-state index in [1.165, 1.54) is 12.1 Å². The molecule has 2 nitrogen and oxygen atoms in total. The van der Waals surface area contributed by atoms with E-state index in [1.807, 2.05) is 12.1 Å². The number of nitrogens with one attached hydrogen (secondary N) is 1. The number of rotatable bonds is 1. The van der Waals surface area contributed by atoms with Crippen molar-refractivity contribution in [2.75, 3.05) is 13.6 Å². The number of likely N-dealkylation sites (N-methyl/N-ethyl adjacent to an activating group) is 1. The van der Waals surface area contributed by atoms with Gasteiger partial charge in [-0.15, -0.1) is 0 Å². The Hall–Kier alpha value is -1.49. The molecule has 1 aromatic carbocycles. The van der Waals surface area contributed by atoms with Crippen molar-refractivity contribution in [3.63, 3.8) is 0 Å². The van der Waals surface area contributed by atoms with Crippen molar-refractivity contribution >= 4 is 5.57 Å². The van der Waals surface area contributed by atoms with Gasteiger partial charge in [-0.05, 0) is 23.3 Å². The smallest absolute Gasteiger partial charge is 0.326 e. The van der Waals surface area contributed by atoms with Crippen LogP contribution in [0.25, 0.3) is 5.57 Å². The molecule has 0 aromatic heterocycles. The Labute approximate surface area is 91.3 Å². The fourth-order valence-corrected chi connectivity index (χ4v) is 1.58. The highest BCUT2D eigenvalue weighted by Crippen LogP contribution is 2.30. The predicted octanol–water partition coefficient (Wildman–Crippen LogP) is 2.50. The Morgan fingerprint density at radius 2 is 1.81 bits per heavy atom. The Morgan fingerprint density at radius 1 is 1.19 bits per heavy atom. The molecule has 86 valence electrons. The van der Waals surface area contributed by atoms with Gasteiger partial charge in [0.2, 0.25) is 0 Å². The molecule has 0 unspecified atom stereocenters. The minimum absolute atomic E-state index is 0.615. The predicted molar refractivity (Wildman–Crippen MR) is 55.2 cm³/mol. The molecular weight excluding hydrogens is 217 g/mol. The van der Waals surface area contributed by atoms with Crippen LogP contribution in [-0.2, 0) is 6.18 Å². The molecule has 1 aromatic rings. The van der Waals surface area contributed by atoms with E-state index in [1.54, 1.807) is 6.20 Å². The van der Waals surface area contributed by atoms with Gasteiger partial charge in [-0.2, -0.15) is 13.2 Å². The van der Waals surface area contributed by atoms with Crippen LogP contribution in [0.4, 0.5) is 13.2 Å². The third kappa shape index (κ3) is 2.19. The molecule has 0 amide bonds. The number of nitrogens with zero attached hydrogens (tertiary/aromatic N) is 1. The molecule has 0 radical (unpaired) electrons. The van der Waals surface area contributed by atoms with Crippen molar-refractivity contribution in [2.45, 2.75) is 6.18 Å². The Kier molecular flexibility index (Phi) is 2.63. The van der Waals surface area contributed by atoms with Crippen LogP contribution in [0.1, 0.15) is 11.1 Å². The summed E-state index contributed by atoms with van der Waals surface area (Å²) in [6, 6.07) is 5.20. The summed E-state index contributed by atoms with van der Waals surface area (Å²) in [4.78, 5) is 0. The molecule has 0 saturated carbocycles. The van der Waals surface area contributed by atoms with Crippen molar-refractivity contribution in [3.8, 4) is 0 Å². The number of hydrazine groups is 1. The standard InChI is InChI=1S/C11H11F3N2/c1-16-7-9(6-15-16)8-2-4-10(5-3-8)11(12,13)14/h2-6,15H,7H2,1H3. The van der Waals surface area contributed by atoms with Gasteiger partial charge in [0.15, 0.2) is 0 Å². The number of hydrogen-bond acceptors (Lipinski definition) is 2. The van der Waals surface area contributed by atoms with Crippen LogP contribution in [0, 0.1) is 0 Å². The summed E-state index contributed by atoms with van der Waals surface area (Å²) in [5.74, 6) is 0. The van der Waals surface area contributed by atoms with Crippen LogP contribution in [0.2, 0.25) is 0 Å². The molecular formula is C11H11F3N2. The molecule has 0 aliphatic carbocycles. The van der Waals surface area contributed by atoms with E-state index in [9.17, 15) is 13.2 Å². The van der Waals surface area contributed by atoms with Gasteiger partial charge in [0, 0.05) is 19.8 Å². The summed E-state index contributed by atoms with van der Waals surface area (Å²) in [6.45, 7) is 0.686. The summed E-state index contributed by atoms with van der Waals surface area (Å²) in [5.41, 5.74) is 4.14. The van der Waals surface area contributed by atoms with Crippen LogP contribution in [0.3, 0.4) is 0 Å². The molecule has 0 bridgehead atoms. The number of halogens is 3. The molecule has 0 atom stereocenters. The van der Waals surface area contributed by atoms with Crippen LogP contribution >= 0.6 is 0 Å². The fourth-order valence-electron chi connectivity index (χ4n) is 1.58. The second-order valence-electron chi connectivity index (χ2n) is 3.73. The average Bonchev–Trinajstić information content (AvgIpc) is 2.64. The maximum Gasteiger partial charge on any atom is 0.416 e. The molecule has 0 spiro atoms. The largest absolute Gasteiger partial charge is 0.416 e. The van der Waals surface area contributed by atoms with Gasteiger partial charge >= 0.3 is 6.18 Å². The minimum atomic E-state index is -4.27. The first kappa shape index (κ1) is 11.0. The lowest BCUT2D eigenvalue weighted by atomic mass is 10.1. The third-order valence-corrected chi connectivity index (χ3v) is 2.45. The lowest BCUT2D eigenvalue weighted by Crippen LogP contribution is -2.24. The maximum absolute atomic E-state index is 12.3. The molecule has 1 aliphatic rings. The Morgan fingerprint density at radius 3 is 2.25 bits per heavy atom. The van der Waals surface area contributed by atoms with Gasteiger partial charge < -0.3 is 5.43 Å². The van der Waals surface area contributed by atoms with Gasteiger partial charge in [0.1, 0.15) is 0 Å². The maximum atomic E-state index is 12.3. The van der Waals surface area contributed by atoms with Gasteiger partial charge in [-0.25, -0.2) is 5.01 Å². The number of alkyl halides is 3. The molecule has 1 N–H and O–H groups in total. The van der Waals surface area contributed by atoms with E-state index >= 15 is 0 Å². The third-order valence-electron chi connectivity index (χ3n) is 2.45. The van der Waals surface area contributed by atoms with E-state index < -0.39 is 11.7 Å². The summed E-state index contributed by atoms with van der Waals surface area (Å²) in [7, 11) is 1.87. The number of benzene rings is 1. The summed E-state index contributed by atoms with van der Waals surface area (Å²) >= 11 is 0. The van der Waals surface area contributed by atoms with Gasteiger partial charge in [0.05, 0.1) is 5.56 Å². The van der Waals surface area contributed by atoms with E-state index in [2.05, 4.69) is 5.43 Å². The van der Waals surface area contributed by atoms with E-state index in [0.717, 1.165) is 23.3 Å². The Bertz CT molecular complexity index is 406. The van der Waals surface area contributed by atoms with Crippen LogP contribution in [-0.4, -0.2) is 18.6 Å². The second-order valence-corrected chi connectivity index (χ2v) is 3.73. The summed E-state index contributed by atoms with van der Waals surface area (Å²) in [5, 5.41) is 1.85. The molecule has 0 fully saturated rings. The SMILES string of the molecule is CN1CC(c2ccc(C(F)(F)F)cc2)=CN1. The topological polar surface area (TPSA) is 15.3 Å². The second kappa shape index (κ2) is 3.83. The van der Waals surface area contributed by atoms with Crippen molar-refractivity contribution in [1.82, 2.24) is 10.4 Å². The lowest BCUT2D eigenvalue weighted by Gasteiger charge is -2.09. The zero-order valence-corrected chi connectivity index (χ0v) is 8.67. The highest BCUT2D eigenvalue weighted by molar-refractivity contribution is 5.68. The van der Waals surface area contributed by atoms with Crippen molar-refractivity contribution < 1.29 is 13.2 Å². The van der Waals surface area contributed by atoms with Crippen molar-refractivity contribution in [1.29, 1.82) is 0 Å². The molecule has 5 heteroatoms. The molecule has 1 aliphatic heterocycles. The minimum Gasteiger partial charge on any atom is -0.326 e. The fraction of sp³-hybridized carbons (Fsp3) is 0.273. The first-order valence-corrected chi connectivity index (χ1v) is 4.81. The van der Waals surface area contributed by atoms with E-state index in [-0.39, 0.29) is 0 Å². The quantitative estimate of drug-likeness (QED) is 0.794. The van der Waals surface area contributed by atoms with Crippen LogP contribution < -0.4 is 5.43 Å². The molecule has 1 heterocycles. The van der Waals surface area contributed by atoms with E-state index in [0.29, 0.717) is 6.54 Å². The van der Waals surface area contributed by atoms with Gasteiger partial charge in [0.25, 0.3) is 0 Å². The number of hydrogen-bond donors (Lipinski definition) is 1. The summed E-state index contributed by atoms with van der Waals surface area (Å²) in [6.07, 6.45) is -2.47. The van der Waals surface area contributed by atoms with Crippen molar-refractivity contribution in [3.05, 3.63) is 41.6 Å². The van der Waals surface area contributed by atoms with Gasteiger partial charge in [-0.1, -0.05) is 12.1 Å². The monoisotopic (exact) mass is 228 g/mol. The zero-order chi connectivity index (χ0) is 11.8. The lowest BCUT2D eigenvalue weighted by molar-refractivity contribution is -0.137. The first-order chi connectivity index (χ1) is 7.47. The van der Waals surface area contributed by atoms with Crippen molar-refractivity contribution in [2.24, 2.45) is 0 Å². The summed E-state index contributed by atoms with van der Waals surface area (Å²) < 4.78 is 37.0. The molecule has 0 saturated heterocycles. The normalized spacial score (nSPS) is 17.1. The zero-order valence-electron chi connectivity index (χ0n) is 8.67. The van der Waals surface area contributed by atoms with Gasteiger partial charge in [-0.3, -0.25) is 0 Å². The highest BCUT2D eigenvalue weighted by Gasteiger charge is 2.30. The van der Waals surface area contributed by atoms with Crippen LogP contribution in [0.15, 0.2) is 30.5 Å². The van der Waals surface area contributed by atoms with E-state index in [4.69, 9.17) is 0 Å². The highest BCUT2D eigenvalue weighted by atomic mass is 19.4. The molecule has 16 heavy (non-hydrogen) atoms. The first-order valence-electron chi connectivity index (χ1n) is 4.81. The molecule has 2 rings (SSSR count). The van der Waals surface area contributed by atoms with Crippen LogP contribution in [0.5, 0.6) is 0 Å².